The highest BCUT2D eigenvalue weighted by Gasteiger charge is 2.35. The molecule has 11 nitrogen and oxygen atoms in total. The molecule has 1 aliphatic rings. The van der Waals surface area contributed by atoms with Gasteiger partial charge in [0.05, 0.1) is 13.2 Å². The SMILES string of the molecule is CCOC(=O)NCCCC(NC(=O)OCC)C(=O)ON1C(=O)CCC1=O. The second kappa shape index (κ2) is 10.9. The van der Waals surface area contributed by atoms with Crippen molar-refractivity contribution in [3.05, 3.63) is 0 Å². The number of alkyl carbamates (subject to hydrolysis) is 2. The highest BCUT2D eigenvalue weighted by atomic mass is 16.7. The van der Waals surface area contributed by atoms with Crippen molar-refractivity contribution in [1.82, 2.24) is 15.7 Å². The Labute approximate surface area is 150 Å². The first-order chi connectivity index (χ1) is 12.4. The number of ether oxygens (including phenoxy) is 2. The van der Waals surface area contributed by atoms with Gasteiger partial charge in [-0.25, -0.2) is 14.4 Å². The van der Waals surface area contributed by atoms with Crippen LogP contribution in [0.2, 0.25) is 0 Å². The third-order valence-corrected chi connectivity index (χ3v) is 3.25. The molecule has 11 heteroatoms. The average molecular weight is 373 g/mol. The fourth-order valence-electron chi connectivity index (χ4n) is 2.05. The molecular formula is C15H23N3O8. The van der Waals surface area contributed by atoms with Gasteiger partial charge in [-0.3, -0.25) is 9.59 Å². The van der Waals surface area contributed by atoms with E-state index >= 15 is 0 Å². The van der Waals surface area contributed by atoms with E-state index in [4.69, 9.17) is 14.3 Å². The minimum Gasteiger partial charge on any atom is -0.450 e. The van der Waals surface area contributed by atoms with Gasteiger partial charge in [0.25, 0.3) is 11.8 Å². The maximum atomic E-state index is 12.2. The largest absolute Gasteiger partial charge is 0.450 e. The zero-order valence-corrected chi connectivity index (χ0v) is 14.7. The lowest BCUT2D eigenvalue weighted by molar-refractivity contribution is -0.199. The Morgan fingerprint density at radius 1 is 1.04 bits per heavy atom. The summed E-state index contributed by atoms with van der Waals surface area (Å²) in [5, 5.41) is 5.18. The summed E-state index contributed by atoms with van der Waals surface area (Å²) in [6.07, 6.45) is -1.13. The summed E-state index contributed by atoms with van der Waals surface area (Å²) >= 11 is 0. The normalized spacial score (nSPS) is 14.6. The molecule has 1 aliphatic heterocycles. The molecule has 1 rings (SSSR count). The second-order valence-electron chi connectivity index (χ2n) is 5.20. The lowest BCUT2D eigenvalue weighted by Crippen LogP contribution is -2.45. The summed E-state index contributed by atoms with van der Waals surface area (Å²) in [5.74, 6) is -2.22. The zero-order valence-electron chi connectivity index (χ0n) is 14.7. The quantitative estimate of drug-likeness (QED) is 0.432. The van der Waals surface area contributed by atoms with E-state index in [2.05, 4.69) is 10.6 Å². The third kappa shape index (κ3) is 6.95. The lowest BCUT2D eigenvalue weighted by Gasteiger charge is -2.20. The number of amides is 4. The van der Waals surface area contributed by atoms with Crippen molar-refractivity contribution in [3.63, 3.8) is 0 Å². The van der Waals surface area contributed by atoms with Crippen molar-refractivity contribution in [2.24, 2.45) is 0 Å². The number of carbonyl (C=O) groups excluding carboxylic acids is 5. The van der Waals surface area contributed by atoms with E-state index in [9.17, 15) is 24.0 Å². The molecular weight excluding hydrogens is 350 g/mol. The minimum atomic E-state index is -1.15. The molecule has 0 radical (unpaired) electrons. The van der Waals surface area contributed by atoms with Crippen molar-refractivity contribution in [1.29, 1.82) is 0 Å². The first-order valence-corrected chi connectivity index (χ1v) is 8.30. The molecule has 0 aliphatic carbocycles. The van der Waals surface area contributed by atoms with Crippen LogP contribution >= 0.6 is 0 Å². The summed E-state index contributed by atoms with van der Waals surface area (Å²) in [6.45, 7) is 3.77. The van der Waals surface area contributed by atoms with Crippen LogP contribution in [0.1, 0.15) is 39.5 Å². The van der Waals surface area contributed by atoms with Gasteiger partial charge in [0.15, 0.2) is 0 Å². The molecule has 4 amide bonds. The van der Waals surface area contributed by atoms with E-state index in [1.807, 2.05) is 0 Å². The number of nitrogens with one attached hydrogen (secondary N) is 2. The highest BCUT2D eigenvalue weighted by Crippen LogP contribution is 2.13. The number of nitrogens with zero attached hydrogens (tertiary/aromatic N) is 1. The number of hydrogen-bond donors (Lipinski definition) is 2. The van der Waals surface area contributed by atoms with E-state index < -0.39 is 36.0 Å². The van der Waals surface area contributed by atoms with E-state index in [1.165, 1.54) is 0 Å². The smallest absolute Gasteiger partial charge is 0.407 e. The molecule has 1 heterocycles. The van der Waals surface area contributed by atoms with Crippen LogP contribution in [0.25, 0.3) is 0 Å². The predicted octanol–water partition coefficient (Wildman–Crippen LogP) is 0.235. The molecule has 0 saturated carbocycles. The van der Waals surface area contributed by atoms with Gasteiger partial charge in [-0.2, -0.15) is 0 Å². The van der Waals surface area contributed by atoms with Gasteiger partial charge in [-0.15, -0.1) is 5.06 Å². The molecule has 0 aromatic rings. The first kappa shape index (κ1) is 21.2. The molecule has 0 aromatic carbocycles. The molecule has 1 fully saturated rings. The van der Waals surface area contributed by atoms with E-state index in [0.717, 1.165) is 0 Å². The summed E-state index contributed by atoms with van der Waals surface area (Å²) in [7, 11) is 0. The Balaban J connectivity index is 2.57. The van der Waals surface area contributed by atoms with Gasteiger partial charge in [0, 0.05) is 19.4 Å². The standard InChI is InChI=1S/C15H23N3O8/c1-3-24-14(22)16-9-5-6-10(17-15(23)25-4-2)13(21)26-18-11(19)7-8-12(18)20/h10H,3-9H2,1-2H3,(H,16,22)(H,17,23). The van der Waals surface area contributed by atoms with Gasteiger partial charge in [-0.05, 0) is 26.7 Å². The minimum absolute atomic E-state index is 0.0362. The number of rotatable bonds is 9. The van der Waals surface area contributed by atoms with Crippen LogP contribution in [0.5, 0.6) is 0 Å². The average Bonchev–Trinajstić information content (AvgIpc) is 2.90. The summed E-state index contributed by atoms with van der Waals surface area (Å²) in [5.41, 5.74) is 0. The summed E-state index contributed by atoms with van der Waals surface area (Å²) in [6, 6.07) is -1.15. The van der Waals surface area contributed by atoms with E-state index in [1.54, 1.807) is 13.8 Å². The molecule has 2 N–H and O–H groups in total. The summed E-state index contributed by atoms with van der Waals surface area (Å²) in [4.78, 5) is 62.8. The van der Waals surface area contributed by atoms with Crippen molar-refractivity contribution in [2.75, 3.05) is 19.8 Å². The predicted molar refractivity (Wildman–Crippen MR) is 85.4 cm³/mol. The van der Waals surface area contributed by atoms with Crippen LogP contribution in [-0.4, -0.2) is 60.8 Å². The molecule has 0 aromatic heterocycles. The van der Waals surface area contributed by atoms with Gasteiger partial charge >= 0.3 is 18.2 Å². The molecule has 1 atom stereocenters. The molecule has 1 saturated heterocycles. The molecule has 0 spiro atoms. The Kier molecular flexibility index (Phi) is 8.88. The van der Waals surface area contributed by atoms with Gasteiger partial charge in [-0.1, -0.05) is 0 Å². The monoisotopic (exact) mass is 373 g/mol. The zero-order chi connectivity index (χ0) is 19.5. The highest BCUT2D eigenvalue weighted by molar-refractivity contribution is 6.01. The van der Waals surface area contributed by atoms with Crippen molar-refractivity contribution in [2.45, 2.75) is 45.6 Å². The maximum Gasteiger partial charge on any atom is 0.407 e. The molecule has 0 bridgehead atoms. The van der Waals surface area contributed by atoms with Gasteiger partial charge < -0.3 is 24.9 Å². The van der Waals surface area contributed by atoms with Crippen molar-refractivity contribution < 1.29 is 38.3 Å². The van der Waals surface area contributed by atoms with Crippen LogP contribution in [0, 0.1) is 0 Å². The second-order valence-corrected chi connectivity index (χ2v) is 5.20. The van der Waals surface area contributed by atoms with Gasteiger partial charge in [0.2, 0.25) is 0 Å². The third-order valence-electron chi connectivity index (χ3n) is 3.25. The van der Waals surface area contributed by atoms with Crippen molar-refractivity contribution in [3.8, 4) is 0 Å². The fourth-order valence-corrected chi connectivity index (χ4v) is 2.05. The van der Waals surface area contributed by atoms with E-state index in [-0.39, 0.29) is 39.0 Å². The Morgan fingerprint density at radius 3 is 2.19 bits per heavy atom. The number of imide groups is 1. The van der Waals surface area contributed by atoms with Crippen LogP contribution in [0.4, 0.5) is 9.59 Å². The van der Waals surface area contributed by atoms with Gasteiger partial charge in [0.1, 0.15) is 6.04 Å². The number of hydroxylamine groups is 2. The van der Waals surface area contributed by atoms with Crippen LogP contribution < -0.4 is 10.6 Å². The molecule has 1 unspecified atom stereocenters. The number of carbonyl (C=O) groups is 5. The lowest BCUT2D eigenvalue weighted by atomic mass is 10.1. The molecule has 146 valence electrons. The van der Waals surface area contributed by atoms with Crippen LogP contribution in [-0.2, 0) is 28.7 Å². The topological polar surface area (TPSA) is 140 Å². The Hall–Kier alpha value is -2.85. The van der Waals surface area contributed by atoms with Crippen molar-refractivity contribution >= 4 is 30.0 Å². The van der Waals surface area contributed by atoms with E-state index in [0.29, 0.717) is 11.5 Å². The van der Waals surface area contributed by atoms with Crippen LogP contribution in [0.3, 0.4) is 0 Å². The Morgan fingerprint density at radius 2 is 1.62 bits per heavy atom. The Bertz CT molecular complexity index is 535. The number of hydrogen-bond acceptors (Lipinski definition) is 8. The maximum absolute atomic E-state index is 12.2. The molecule has 26 heavy (non-hydrogen) atoms. The first-order valence-electron chi connectivity index (χ1n) is 8.30. The van der Waals surface area contributed by atoms with Crippen LogP contribution in [0.15, 0.2) is 0 Å². The fraction of sp³-hybridized carbons (Fsp3) is 0.667. The summed E-state index contributed by atoms with van der Waals surface area (Å²) < 4.78 is 9.41.